The van der Waals surface area contributed by atoms with Gasteiger partial charge >= 0.3 is 0 Å². The minimum atomic E-state index is 0.604. The molecule has 0 saturated heterocycles. The molecule has 0 fully saturated rings. The van der Waals surface area contributed by atoms with Crippen LogP contribution in [0, 0.1) is 3.57 Å². The van der Waals surface area contributed by atoms with E-state index in [2.05, 4.69) is 50.7 Å². The number of halogens is 2. The van der Waals surface area contributed by atoms with Gasteiger partial charge in [0.25, 0.3) is 0 Å². The van der Waals surface area contributed by atoms with Crippen molar-refractivity contribution in [2.24, 2.45) is 0 Å². The van der Waals surface area contributed by atoms with Crippen LogP contribution in [0.5, 0.6) is 5.75 Å². The molecule has 0 aliphatic rings. The lowest BCUT2D eigenvalue weighted by Gasteiger charge is -2.07. The van der Waals surface area contributed by atoms with Crippen molar-refractivity contribution in [3.8, 4) is 5.75 Å². The molecular weight excluding hydrogens is 379 g/mol. The van der Waals surface area contributed by atoms with Crippen LogP contribution in [0.3, 0.4) is 0 Å². The molecule has 2 aromatic rings. The zero-order valence-electron chi connectivity index (χ0n) is 8.49. The van der Waals surface area contributed by atoms with Crippen molar-refractivity contribution in [2.75, 3.05) is 0 Å². The summed E-state index contributed by atoms with van der Waals surface area (Å²) in [5.41, 5.74) is 1.17. The monoisotopic (exact) mass is 388 g/mol. The predicted octanol–water partition coefficient (Wildman–Crippen LogP) is 4.63. The van der Waals surface area contributed by atoms with Gasteiger partial charge in [0.15, 0.2) is 0 Å². The van der Waals surface area contributed by atoms with E-state index in [9.17, 15) is 0 Å². The highest BCUT2D eigenvalue weighted by molar-refractivity contribution is 14.1. The molecule has 0 radical (unpaired) electrons. The highest BCUT2D eigenvalue weighted by atomic mass is 127. The highest BCUT2D eigenvalue weighted by Crippen LogP contribution is 2.21. The van der Waals surface area contributed by atoms with Crippen LogP contribution in [-0.2, 0) is 6.61 Å². The summed E-state index contributed by atoms with van der Waals surface area (Å²) in [6.45, 7) is 0.604. The van der Waals surface area contributed by atoms with Crippen LogP contribution in [-0.4, -0.2) is 0 Å². The van der Waals surface area contributed by atoms with Gasteiger partial charge in [-0.1, -0.05) is 40.2 Å². The molecular formula is C13H10BrIO. The molecule has 0 aliphatic carbocycles. The normalized spacial score (nSPS) is 10.1. The Bertz CT molecular complexity index is 468. The summed E-state index contributed by atoms with van der Waals surface area (Å²) >= 11 is 5.69. The first kappa shape index (κ1) is 11.9. The van der Waals surface area contributed by atoms with Gasteiger partial charge in [-0.3, -0.25) is 0 Å². The summed E-state index contributed by atoms with van der Waals surface area (Å²) in [5.74, 6) is 0.936. The summed E-state index contributed by atoms with van der Waals surface area (Å²) < 4.78 is 7.96. The summed E-state index contributed by atoms with van der Waals surface area (Å²) in [6.07, 6.45) is 0. The lowest BCUT2D eigenvalue weighted by atomic mass is 10.2. The fourth-order valence-electron chi connectivity index (χ4n) is 1.30. The van der Waals surface area contributed by atoms with Crippen LogP contribution in [0.2, 0.25) is 0 Å². The Balaban J connectivity index is 2.02. The van der Waals surface area contributed by atoms with Crippen molar-refractivity contribution in [3.63, 3.8) is 0 Å². The van der Waals surface area contributed by atoms with Crippen LogP contribution in [0.1, 0.15) is 5.56 Å². The van der Waals surface area contributed by atoms with Gasteiger partial charge in [0.1, 0.15) is 12.4 Å². The van der Waals surface area contributed by atoms with E-state index in [-0.39, 0.29) is 0 Å². The van der Waals surface area contributed by atoms with Crippen molar-refractivity contribution in [2.45, 2.75) is 6.61 Å². The number of para-hydroxylation sites is 1. The van der Waals surface area contributed by atoms with E-state index < -0.39 is 0 Å². The summed E-state index contributed by atoms with van der Waals surface area (Å²) in [6, 6.07) is 16.2. The Morgan fingerprint density at radius 1 is 1.00 bits per heavy atom. The lowest BCUT2D eigenvalue weighted by Crippen LogP contribution is -1.96. The van der Waals surface area contributed by atoms with E-state index in [0.29, 0.717) is 6.61 Å². The second-order valence-corrected chi connectivity index (χ2v) is 5.42. The smallest absolute Gasteiger partial charge is 0.133 e. The number of ether oxygens (including phenoxy) is 1. The van der Waals surface area contributed by atoms with E-state index in [1.807, 2.05) is 36.4 Å². The molecule has 3 heteroatoms. The van der Waals surface area contributed by atoms with Gasteiger partial charge in [0.2, 0.25) is 0 Å². The Labute approximate surface area is 117 Å². The Kier molecular flexibility index (Phi) is 4.23. The Morgan fingerprint density at radius 3 is 2.38 bits per heavy atom. The molecule has 0 aromatic heterocycles. The highest BCUT2D eigenvalue weighted by Gasteiger charge is 1.99. The van der Waals surface area contributed by atoms with E-state index in [1.165, 1.54) is 5.56 Å². The molecule has 0 unspecified atom stereocenters. The molecule has 16 heavy (non-hydrogen) atoms. The largest absolute Gasteiger partial charge is 0.488 e. The Morgan fingerprint density at radius 2 is 1.69 bits per heavy atom. The average molecular weight is 389 g/mol. The second-order valence-electron chi connectivity index (χ2n) is 3.35. The summed E-state index contributed by atoms with van der Waals surface area (Å²) in [4.78, 5) is 0. The first-order valence-electron chi connectivity index (χ1n) is 4.87. The molecule has 0 bridgehead atoms. The first-order valence-corrected chi connectivity index (χ1v) is 6.74. The number of hydrogen-bond acceptors (Lipinski definition) is 1. The second kappa shape index (κ2) is 5.68. The zero-order chi connectivity index (χ0) is 11.4. The minimum Gasteiger partial charge on any atom is -0.488 e. The quantitative estimate of drug-likeness (QED) is 0.696. The van der Waals surface area contributed by atoms with E-state index in [1.54, 1.807) is 0 Å². The van der Waals surface area contributed by atoms with Crippen LogP contribution in [0.4, 0.5) is 0 Å². The van der Waals surface area contributed by atoms with Crippen molar-refractivity contribution in [1.82, 2.24) is 0 Å². The van der Waals surface area contributed by atoms with Crippen LogP contribution in [0.25, 0.3) is 0 Å². The third-order valence-corrected chi connectivity index (χ3v) is 3.56. The lowest BCUT2D eigenvalue weighted by molar-refractivity contribution is 0.304. The number of benzene rings is 2. The first-order chi connectivity index (χ1) is 7.75. The van der Waals surface area contributed by atoms with Crippen molar-refractivity contribution in [1.29, 1.82) is 0 Å². The fraction of sp³-hybridized carbons (Fsp3) is 0.0769. The molecule has 0 aliphatic heterocycles. The van der Waals surface area contributed by atoms with Crippen molar-refractivity contribution >= 4 is 38.5 Å². The number of hydrogen-bond donors (Lipinski definition) is 0. The molecule has 0 spiro atoms. The van der Waals surface area contributed by atoms with Crippen LogP contribution in [0.15, 0.2) is 53.0 Å². The predicted molar refractivity (Wildman–Crippen MR) is 77.6 cm³/mol. The SMILES string of the molecule is Brc1ccc(COc2ccccc2I)cc1. The molecule has 0 saturated carbocycles. The summed E-state index contributed by atoms with van der Waals surface area (Å²) in [7, 11) is 0. The molecule has 1 nitrogen and oxygen atoms in total. The van der Waals surface area contributed by atoms with E-state index in [0.717, 1.165) is 13.8 Å². The van der Waals surface area contributed by atoms with Gasteiger partial charge < -0.3 is 4.74 Å². The number of rotatable bonds is 3. The maximum Gasteiger partial charge on any atom is 0.133 e. The van der Waals surface area contributed by atoms with Crippen LogP contribution < -0.4 is 4.74 Å². The average Bonchev–Trinajstić information content (AvgIpc) is 2.30. The summed E-state index contributed by atoms with van der Waals surface area (Å²) in [5, 5.41) is 0. The molecule has 82 valence electrons. The third-order valence-electron chi connectivity index (χ3n) is 2.14. The van der Waals surface area contributed by atoms with Gasteiger partial charge in [-0.2, -0.15) is 0 Å². The van der Waals surface area contributed by atoms with Gasteiger partial charge in [0, 0.05) is 4.47 Å². The fourth-order valence-corrected chi connectivity index (χ4v) is 2.11. The standard InChI is InChI=1S/C13H10BrIO/c14-11-7-5-10(6-8-11)9-16-13-4-2-1-3-12(13)15/h1-8H,9H2. The van der Waals surface area contributed by atoms with E-state index in [4.69, 9.17) is 4.74 Å². The maximum atomic E-state index is 5.74. The van der Waals surface area contributed by atoms with Crippen molar-refractivity contribution < 1.29 is 4.74 Å². The molecule has 0 atom stereocenters. The topological polar surface area (TPSA) is 9.23 Å². The molecule has 0 heterocycles. The molecule has 2 aromatic carbocycles. The molecule has 0 amide bonds. The van der Waals surface area contributed by atoms with Gasteiger partial charge in [-0.15, -0.1) is 0 Å². The van der Waals surface area contributed by atoms with Gasteiger partial charge in [0.05, 0.1) is 3.57 Å². The van der Waals surface area contributed by atoms with Crippen molar-refractivity contribution in [3.05, 3.63) is 62.1 Å². The van der Waals surface area contributed by atoms with E-state index >= 15 is 0 Å². The molecule has 2 rings (SSSR count). The Hall–Kier alpha value is -0.550. The minimum absolute atomic E-state index is 0.604. The van der Waals surface area contributed by atoms with Gasteiger partial charge in [-0.25, -0.2) is 0 Å². The van der Waals surface area contributed by atoms with Gasteiger partial charge in [-0.05, 0) is 52.4 Å². The third kappa shape index (κ3) is 3.22. The van der Waals surface area contributed by atoms with Crippen LogP contribution >= 0.6 is 38.5 Å². The molecule has 0 N–H and O–H groups in total. The zero-order valence-corrected chi connectivity index (χ0v) is 12.2. The maximum absolute atomic E-state index is 5.74.